The van der Waals surface area contributed by atoms with Gasteiger partial charge in [0.15, 0.2) is 0 Å². The number of benzene rings is 1. The summed E-state index contributed by atoms with van der Waals surface area (Å²) in [4.78, 5) is 9.76. The maximum atomic E-state index is 9.76. The van der Waals surface area contributed by atoms with Crippen LogP contribution in [-0.4, -0.2) is 19.1 Å². The van der Waals surface area contributed by atoms with Crippen LogP contribution in [0.2, 0.25) is 0 Å². The monoisotopic (exact) mass is 244 g/mol. The third kappa shape index (κ3) is 4.81. The lowest BCUT2D eigenvalue weighted by Crippen LogP contribution is -2.43. The highest BCUT2D eigenvalue weighted by atomic mass is 16.5. The first-order valence-electron chi connectivity index (χ1n) is 5.69. The van der Waals surface area contributed by atoms with E-state index in [2.05, 4.69) is 10.1 Å². The van der Waals surface area contributed by atoms with Gasteiger partial charge in [-0.3, -0.25) is 4.79 Å². The predicted octanol–water partition coefficient (Wildman–Crippen LogP) is 1.79. The van der Waals surface area contributed by atoms with Crippen LogP contribution in [-0.2, 0) is 16.1 Å². The minimum absolute atomic E-state index is 0.365. The minimum Gasteiger partial charge on any atom is -0.463 e. The molecule has 0 saturated carbocycles. The molecule has 0 radical (unpaired) electrons. The number of nitriles is 1. The summed E-state index contributed by atoms with van der Waals surface area (Å²) in [5, 5.41) is 11.3. The molecule has 1 atom stereocenters. The molecule has 1 N–H and O–H groups in total. The van der Waals surface area contributed by atoms with Gasteiger partial charge < -0.3 is 10.1 Å². The van der Waals surface area contributed by atoms with E-state index in [9.17, 15) is 4.79 Å². The van der Waals surface area contributed by atoms with Crippen LogP contribution in [0.4, 0.5) is 0 Å². The number of carbonyl (C=O) groups excluding carboxylic acids is 1. The molecular weight excluding hydrogens is 228 g/mol. The Morgan fingerprint density at radius 2 is 2.22 bits per heavy atom. The van der Waals surface area contributed by atoms with Gasteiger partial charge in [-0.1, -0.05) is 30.3 Å². The van der Waals surface area contributed by atoms with Crippen LogP contribution in [0.5, 0.6) is 0 Å². The quantitative estimate of drug-likeness (QED) is 0.650. The summed E-state index contributed by atoms with van der Waals surface area (Å²) in [6, 6.07) is 12.0. The van der Waals surface area contributed by atoms with E-state index in [1.807, 2.05) is 43.3 Å². The molecule has 0 spiro atoms. The van der Waals surface area contributed by atoms with E-state index in [0.717, 1.165) is 12.1 Å². The molecule has 0 bridgehead atoms. The summed E-state index contributed by atoms with van der Waals surface area (Å²) < 4.78 is 4.54. The Labute approximate surface area is 107 Å². The van der Waals surface area contributed by atoms with Crippen molar-refractivity contribution in [1.29, 1.82) is 5.26 Å². The Kier molecular flexibility index (Phi) is 6.23. The fraction of sp³-hybridized carbons (Fsp3) is 0.286. The Morgan fingerprint density at radius 1 is 1.50 bits per heavy atom. The second-order valence-electron chi connectivity index (χ2n) is 3.84. The van der Waals surface area contributed by atoms with Crippen LogP contribution in [0.1, 0.15) is 12.5 Å². The van der Waals surface area contributed by atoms with Gasteiger partial charge in [-0.2, -0.15) is 5.26 Å². The second kappa shape index (κ2) is 8.04. The van der Waals surface area contributed by atoms with Crippen LogP contribution in [0.15, 0.2) is 42.0 Å². The van der Waals surface area contributed by atoms with Crippen molar-refractivity contribution in [2.24, 2.45) is 0 Å². The van der Waals surface area contributed by atoms with E-state index in [4.69, 9.17) is 5.26 Å². The van der Waals surface area contributed by atoms with Gasteiger partial charge in [-0.25, -0.2) is 0 Å². The Balaban J connectivity index is 0.000000184. The van der Waals surface area contributed by atoms with Gasteiger partial charge in [0.1, 0.15) is 6.61 Å². The Morgan fingerprint density at radius 3 is 2.61 bits per heavy atom. The zero-order valence-electron chi connectivity index (χ0n) is 10.3. The van der Waals surface area contributed by atoms with Crippen molar-refractivity contribution in [1.82, 2.24) is 5.32 Å². The van der Waals surface area contributed by atoms with Crippen molar-refractivity contribution in [2.45, 2.75) is 19.6 Å². The molecule has 2 rings (SSSR count). The molecular formula is C14H16N2O2. The molecule has 0 amide bonds. The third-order valence-electron chi connectivity index (χ3n) is 2.58. The highest BCUT2D eigenvalue weighted by Gasteiger charge is 2.16. The Hall–Kier alpha value is -2.12. The summed E-state index contributed by atoms with van der Waals surface area (Å²) in [6.07, 6.45) is 1.61. The summed E-state index contributed by atoms with van der Waals surface area (Å²) >= 11 is 0. The number of nitrogens with zero attached hydrogens (tertiary/aromatic N) is 1. The van der Waals surface area contributed by atoms with E-state index < -0.39 is 0 Å². The maximum absolute atomic E-state index is 9.76. The van der Waals surface area contributed by atoms with Crippen molar-refractivity contribution in [2.75, 3.05) is 6.54 Å². The van der Waals surface area contributed by atoms with Crippen LogP contribution in [0.25, 0.3) is 0 Å². The molecule has 1 heterocycles. The van der Waals surface area contributed by atoms with Crippen molar-refractivity contribution < 1.29 is 9.53 Å². The normalized spacial score (nSPS) is 18.9. The molecule has 1 aromatic carbocycles. The SMILES string of the molecule is C[C@H]1NCC1=CC#N.O=COCc1ccccc1. The van der Waals surface area contributed by atoms with Gasteiger partial charge in [-0.05, 0) is 18.1 Å². The largest absolute Gasteiger partial charge is 0.463 e. The van der Waals surface area contributed by atoms with Gasteiger partial charge >= 0.3 is 0 Å². The van der Waals surface area contributed by atoms with Gasteiger partial charge in [0.05, 0.1) is 6.07 Å². The summed E-state index contributed by atoms with van der Waals surface area (Å²) in [5.41, 5.74) is 2.22. The average molecular weight is 244 g/mol. The molecule has 0 aliphatic carbocycles. The average Bonchev–Trinajstić information content (AvgIpc) is 2.42. The summed E-state index contributed by atoms with van der Waals surface area (Å²) in [6.45, 7) is 3.76. The number of hydrogen-bond acceptors (Lipinski definition) is 4. The number of ether oxygens (including phenoxy) is 1. The van der Waals surface area contributed by atoms with E-state index in [1.165, 1.54) is 5.57 Å². The molecule has 4 nitrogen and oxygen atoms in total. The molecule has 1 fully saturated rings. The zero-order valence-corrected chi connectivity index (χ0v) is 10.3. The van der Waals surface area contributed by atoms with E-state index >= 15 is 0 Å². The second-order valence-corrected chi connectivity index (χ2v) is 3.84. The smallest absolute Gasteiger partial charge is 0.293 e. The van der Waals surface area contributed by atoms with E-state index in [-0.39, 0.29) is 0 Å². The van der Waals surface area contributed by atoms with Crippen LogP contribution in [0, 0.1) is 11.3 Å². The number of allylic oxidation sites excluding steroid dienone is 1. The molecule has 18 heavy (non-hydrogen) atoms. The van der Waals surface area contributed by atoms with Gasteiger partial charge in [0.25, 0.3) is 6.47 Å². The highest BCUT2D eigenvalue weighted by Crippen LogP contribution is 2.08. The minimum atomic E-state index is 0.365. The lowest BCUT2D eigenvalue weighted by atomic mass is 10.0. The van der Waals surface area contributed by atoms with Gasteiger partial charge in [0.2, 0.25) is 0 Å². The van der Waals surface area contributed by atoms with E-state index in [1.54, 1.807) is 6.08 Å². The standard InChI is InChI=1S/C8H8O2.C6H8N2/c9-7-10-6-8-4-2-1-3-5-8;1-5-6(2-3-7)4-8-5/h1-5,7H,6H2;2,5,8H,4H2,1H3/t;5-/m.1/s1. The fourth-order valence-electron chi connectivity index (χ4n) is 1.39. The molecule has 1 aliphatic rings. The first-order chi connectivity index (χ1) is 8.77. The topological polar surface area (TPSA) is 62.1 Å². The number of rotatable bonds is 3. The van der Waals surface area contributed by atoms with Gasteiger partial charge in [0, 0.05) is 18.7 Å². The molecule has 0 unspecified atom stereocenters. The first kappa shape index (κ1) is 13.9. The van der Waals surface area contributed by atoms with Crippen molar-refractivity contribution in [3.8, 4) is 6.07 Å². The Bertz CT molecular complexity index is 435. The maximum Gasteiger partial charge on any atom is 0.293 e. The number of hydrogen-bond donors (Lipinski definition) is 1. The van der Waals surface area contributed by atoms with Crippen LogP contribution in [0.3, 0.4) is 0 Å². The zero-order chi connectivity index (χ0) is 13.2. The van der Waals surface area contributed by atoms with E-state index in [0.29, 0.717) is 19.1 Å². The first-order valence-corrected chi connectivity index (χ1v) is 5.69. The van der Waals surface area contributed by atoms with Crippen LogP contribution < -0.4 is 5.32 Å². The van der Waals surface area contributed by atoms with Gasteiger partial charge in [-0.15, -0.1) is 0 Å². The highest BCUT2D eigenvalue weighted by molar-refractivity contribution is 5.37. The van der Waals surface area contributed by atoms with Crippen LogP contribution >= 0.6 is 0 Å². The van der Waals surface area contributed by atoms with Crippen molar-refractivity contribution in [3.63, 3.8) is 0 Å². The lowest BCUT2D eigenvalue weighted by Gasteiger charge is -2.26. The molecule has 0 aromatic heterocycles. The number of nitrogens with one attached hydrogen (secondary N) is 1. The molecule has 1 saturated heterocycles. The number of carbonyl (C=O) groups is 1. The molecule has 94 valence electrons. The fourth-order valence-corrected chi connectivity index (χ4v) is 1.39. The molecule has 1 aliphatic heterocycles. The molecule has 1 aromatic rings. The lowest BCUT2D eigenvalue weighted by molar-refractivity contribution is -0.129. The predicted molar refractivity (Wildman–Crippen MR) is 68.5 cm³/mol. The molecule has 4 heteroatoms. The summed E-state index contributed by atoms with van der Waals surface area (Å²) in [7, 11) is 0. The third-order valence-corrected chi connectivity index (χ3v) is 2.58. The van der Waals surface area contributed by atoms with Crippen molar-refractivity contribution in [3.05, 3.63) is 47.5 Å². The van der Waals surface area contributed by atoms with Crippen molar-refractivity contribution >= 4 is 6.47 Å². The summed E-state index contributed by atoms with van der Waals surface area (Å²) in [5.74, 6) is 0.